The molecule has 0 saturated carbocycles. The number of nitrogens with zero attached hydrogens (tertiary/aromatic N) is 1. The van der Waals surface area contributed by atoms with Gasteiger partial charge in [-0.1, -0.05) is 12.1 Å². The van der Waals surface area contributed by atoms with Crippen LogP contribution in [0.1, 0.15) is 18.4 Å². The van der Waals surface area contributed by atoms with E-state index >= 15 is 0 Å². The van der Waals surface area contributed by atoms with E-state index in [1.165, 1.54) is 0 Å². The van der Waals surface area contributed by atoms with Crippen LogP contribution in [0, 0.1) is 5.92 Å². The molecule has 0 amide bonds. The van der Waals surface area contributed by atoms with Crippen LogP contribution in [0.3, 0.4) is 0 Å². The van der Waals surface area contributed by atoms with Crippen molar-refractivity contribution in [2.45, 2.75) is 19.4 Å². The molecule has 1 fully saturated rings. The minimum Gasteiger partial charge on any atom is -0.493 e. The van der Waals surface area contributed by atoms with Gasteiger partial charge in [0, 0.05) is 25.8 Å². The van der Waals surface area contributed by atoms with E-state index < -0.39 is 5.97 Å². The Bertz CT molecular complexity index is 520. The number of carbonyl (C=O) groups is 1. The van der Waals surface area contributed by atoms with Crippen LogP contribution in [0.2, 0.25) is 0 Å². The van der Waals surface area contributed by atoms with Gasteiger partial charge in [-0.3, -0.25) is 9.69 Å². The summed E-state index contributed by atoms with van der Waals surface area (Å²) in [6.45, 7) is 3.08. The van der Waals surface area contributed by atoms with E-state index in [2.05, 4.69) is 4.90 Å². The lowest BCUT2D eigenvalue weighted by molar-refractivity contribution is -0.143. The lowest BCUT2D eigenvalue weighted by atomic mass is 9.98. The van der Waals surface area contributed by atoms with Crippen LogP contribution in [0.4, 0.5) is 0 Å². The zero-order chi connectivity index (χ0) is 16.7. The number of benzene rings is 1. The number of hydrogen-bond donors (Lipinski definition) is 1. The van der Waals surface area contributed by atoms with Gasteiger partial charge in [0.1, 0.15) is 6.61 Å². The Morgan fingerprint density at radius 1 is 1.35 bits per heavy atom. The number of hydrogen-bond acceptors (Lipinski definition) is 5. The molecule has 1 aliphatic rings. The van der Waals surface area contributed by atoms with Crippen LogP contribution in [0.15, 0.2) is 18.2 Å². The van der Waals surface area contributed by atoms with Gasteiger partial charge in [-0.05, 0) is 25.5 Å². The van der Waals surface area contributed by atoms with Crippen molar-refractivity contribution in [1.82, 2.24) is 4.90 Å². The smallest absolute Gasteiger partial charge is 0.307 e. The van der Waals surface area contributed by atoms with Gasteiger partial charge in [-0.25, -0.2) is 0 Å². The minimum atomic E-state index is -0.711. The number of likely N-dealkylation sites (tertiary alicyclic amines) is 1. The highest BCUT2D eigenvalue weighted by Gasteiger charge is 2.26. The highest BCUT2D eigenvalue weighted by Crippen LogP contribution is 2.32. The largest absolute Gasteiger partial charge is 0.493 e. The summed E-state index contributed by atoms with van der Waals surface area (Å²) in [5.74, 6) is 0.402. The molecular formula is C17H25NO5. The molecule has 6 nitrogen and oxygen atoms in total. The lowest BCUT2D eigenvalue weighted by Crippen LogP contribution is -2.38. The van der Waals surface area contributed by atoms with Gasteiger partial charge in [-0.15, -0.1) is 0 Å². The van der Waals surface area contributed by atoms with Crippen molar-refractivity contribution in [3.63, 3.8) is 0 Å². The fourth-order valence-electron chi connectivity index (χ4n) is 2.88. The van der Waals surface area contributed by atoms with Crippen molar-refractivity contribution >= 4 is 5.97 Å². The molecule has 1 unspecified atom stereocenters. The van der Waals surface area contributed by atoms with Gasteiger partial charge < -0.3 is 19.3 Å². The molecule has 1 heterocycles. The zero-order valence-electron chi connectivity index (χ0n) is 13.8. The molecule has 2 rings (SSSR count). The monoisotopic (exact) mass is 323 g/mol. The molecule has 1 aliphatic heterocycles. The molecule has 0 bridgehead atoms. The number of rotatable bonds is 8. The first kappa shape index (κ1) is 17.6. The number of ether oxygens (including phenoxy) is 3. The topological polar surface area (TPSA) is 68.2 Å². The van der Waals surface area contributed by atoms with Gasteiger partial charge in [-0.2, -0.15) is 0 Å². The molecular weight excluding hydrogens is 298 g/mol. The SMILES string of the molecule is COCCOc1c(CN2CCCC(C(=O)O)C2)cccc1OC. The Morgan fingerprint density at radius 3 is 2.87 bits per heavy atom. The quantitative estimate of drug-likeness (QED) is 0.738. The maximum absolute atomic E-state index is 11.2. The molecule has 1 N–H and O–H groups in total. The highest BCUT2D eigenvalue weighted by atomic mass is 16.5. The second-order valence-corrected chi connectivity index (χ2v) is 5.70. The van der Waals surface area contributed by atoms with Crippen LogP contribution >= 0.6 is 0 Å². The predicted octanol–water partition coefficient (Wildman–Crippen LogP) is 2.02. The molecule has 0 aliphatic carbocycles. The number of methoxy groups -OCH3 is 2. The van der Waals surface area contributed by atoms with Crippen LogP contribution in [-0.2, 0) is 16.1 Å². The minimum absolute atomic E-state index is 0.285. The third-order valence-electron chi connectivity index (χ3n) is 4.06. The first-order chi connectivity index (χ1) is 11.2. The van der Waals surface area contributed by atoms with E-state index in [1.807, 2.05) is 18.2 Å². The fraction of sp³-hybridized carbons (Fsp3) is 0.588. The van der Waals surface area contributed by atoms with Gasteiger partial charge >= 0.3 is 5.97 Å². The summed E-state index contributed by atoms with van der Waals surface area (Å²) in [5, 5.41) is 9.22. The number of piperidine rings is 1. The average molecular weight is 323 g/mol. The molecule has 6 heteroatoms. The highest BCUT2D eigenvalue weighted by molar-refractivity contribution is 5.70. The van der Waals surface area contributed by atoms with Crippen molar-refractivity contribution in [3.05, 3.63) is 23.8 Å². The molecule has 1 aromatic carbocycles. The average Bonchev–Trinajstić information content (AvgIpc) is 2.56. The molecule has 1 atom stereocenters. The van der Waals surface area contributed by atoms with E-state index in [0.717, 1.165) is 24.9 Å². The summed E-state index contributed by atoms with van der Waals surface area (Å²) < 4.78 is 16.2. The molecule has 1 saturated heterocycles. The van der Waals surface area contributed by atoms with Crippen molar-refractivity contribution in [2.24, 2.45) is 5.92 Å². The van der Waals surface area contributed by atoms with Crippen molar-refractivity contribution in [1.29, 1.82) is 0 Å². The summed E-state index contributed by atoms with van der Waals surface area (Å²) >= 11 is 0. The Morgan fingerprint density at radius 2 is 2.17 bits per heavy atom. The molecule has 0 aromatic heterocycles. The standard InChI is InChI=1S/C17H25NO5/c1-21-9-10-23-16-13(5-3-7-15(16)22-2)11-18-8-4-6-14(12-18)17(19)20/h3,5,7,14H,4,6,8-12H2,1-2H3,(H,19,20). The van der Waals surface area contributed by atoms with E-state index in [-0.39, 0.29) is 5.92 Å². The summed E-state index contributed by atoms with van der Waals surface area (Å²) in [6, 6.07) is 5.78. The van der Waals surface area contributed by atoms with Gasteiger partial charge in [0.2, 0.25) is 0 Å². The van der Waals surface area contributed by atoms with Gasteiger partial charge in [0.25, 0.3) is 0 Å². The Labute approximate surface area is 136 Å². The number of carboxylic acid groups (broad SMARTS) is 1. The van der Waals surface area contributed by atoms with E-state index in [0.29, 0.717) is 37.8 Å². The van der Waals surface area contributed by atoms with Gasteiger partial charge in [0.05, 0.1) is 19.6 Å². The maximum Gasteiger partial charge on any atom is 0.307 e. The number of para-hydroxylation sites is 1. The van der Waals surface area contributed by atoms with Crippen molar-refractivity contribution in [2.75, 3.05) is 40.5 Å². The Hall–Kier alpha value is -1.79. The first-order valence-electron chi connectivity index (χ1n) is 7.88. The maximum atomic E-state index is 11.2. The molecule has 128 valence electrons. The van der Waals surface area contributed by atoms with Crippen molar-refractivity contribution in [3.8, 4) is 11.5 Å². The lowest BCUT2D eigenvalue weighted by Gasteiger charge is -2.31. The second kappa shape index (κ2) is 8.74. The molecule has 1 aromatic rings. The first-order valence-corrected chi connectivity index (χ1v) is 7.88. The van der Waals surface area contributed by atoms with Crippen LogP contribution in [-0.4, -0.2) is 56.5 Å². The van der Waals surface area contributed by atoms with E-state index in [1.54, 1.807) is 14.2 Å². The summed E-state index contributed by atoms with van der Waals surface area (Å²) in [4.78, 5) is 13.4. The van der Waals surface area contributed by atoms with Gasteiger partial charge in [0.15, 0.2) is 11.5 Å². The summed E-state index contributed by atoms with van der Waals surface area (Å²) in [5.41, 5.74) is 1.01. The summed E-state index contributed by atoms with van der Waals surface area (Å²) in [6.07, 6.45) is 1.65. The summed E-state index contributed by atoms with van der Waals surface area (Å²) in [7, 11) is 3.25. The van der Waals surface area contributed by atoms with E-state index in [9.17, 15) is 9.90 Å². The second-order valence-electron chi connectivity index (χ2n) is 5.70. The molecule has 0 radical (unpaired) electrons. The normalized spacial score (nSPS) is 18.6. The Kier molecular flexibility index (Phi) is 6.67. The van der Waals surface area contributed by atoms with Crippen LogP contribution < -0.4 is 9.47 Å². The van der Waals surface area contributed by atoms with Crippen LogP contribution in [0.25, 0.3) is 0 Å². The zero-order valence-corrected chi connectivity index (χ0v) is 13.8. The Balaban J connectivity index is 2.10. The van der Waals surface area contributed by atoms with Crippen molar-refractivity contribution < 1.29 is 24.1 Å². The fourth-order valence-corrected chi connectivity index (χ4v) is 2.88. The van der Waals surface area contributed by atoms with E-state index in [4.69, 9.17) is 14.2 Å². The molecule has 0 spiro atoms. The predicted molar refractivity (Wildman–Crippen MR) is 86.0 cm³/mol. The number of aliphatic carboxylic acids is 1. The number of carboxylic acids is 1. The third-order valence-corrected chi connectivity index (χ3v) is 4.06. The molecule has 23 heavy (non-hydrogen) atoms. The van der Waals surface area contributed by atoms with Crippen LogP contribution in [0.5, 0.6) is 11.5 Å². The third kappa shape index (κ3) is 4.84.